The van der Waals surface area contributed by atoms with Crippen molar-refractivity contribution in [2.45, 2.75) is 17.9 Å². The van der Waals surface area contributed by atoms with Crippen molar-refractivity contribution < 1.29 is 27.6 Å². The highest BCUT2D eigenvalue weighted by Gasteiger charge is 2.24. The topological polar surface area (TPSA) is 106 Å². The Morgan fingerprint density at radius 3 is 2.38 bits per heavy atom. The van der Waals surface area contributed by atoms with Gasteiger partial charge in [-0.1, -0.05) is 22.7 Å². The van der Waals surface area contributed by atoms with Crippen LogP contribution < -0.4 is 0 Å². The lowest BCUT2D eigenvalue weighted by atomic mass is 10.1. The molecule has 0 unspecified atom stereocenters. The summed E-state index contributed by atoms with van der Waals surface area (Å²) < 4.78 is 30.4. The summed E-state index contributed by atoms with van der Waals surface area (Å²) in [6, 6.07) is 12.5. The molecule has 29 heavy (non-hydrogen) atoms. The predicted molar refractivity (Wildman–Crippen MR) is 106 cm³/mol. The molecule has 1 aromatic heterocycles. The lowest BCUT2D eigenvalue weighted by Crippen LogP contribution is -2.26. The van der Waals surface area contributed by atoms with Crippen LogP contribution in [0.1, 0.15) is 27.6 Å². The van der Waals surface area contributed by atoms with E-state index in [1.807, 2.05) is 24.3 Å². The molecular weight excluding hydrogens is 396 g/mol. The van der Waals surface area contributed by atoms with E-state index < -0.39 is 22.1 Å². The van der Waals surface area contributed by atoms with Gasteiger partial charge in [0, 0.05) is 29.7 Å². The van der Waals surface area contributed by atoms with Gasteiger partial charge in [-0.2, -0.15) is 0 Å². The second kappa shape index (κ2) is 8.16. The number of nitrogens with one attached hydrogen (secondary N) is 1. The number of carbonyl (C=O) groups is 2. The van der Waals surface area contributed by atoms with E-state index >= 15 is 0 Å². The molecule has 0 bridgehead atoms. The first kappa shape index (κ1) is 20.7. The van der Waals surface area contributed by atoms with Gasteiger partial charge in [0.05, 0.1) is 17.6 Å². The van der Waals surface area contributed by atoms with Crippen LogP contribution in [0.2, 0.25) is 0 Å². The first-order valence-corrected chi connectivity index (χ1v) is 10.1. The van der Waals surface area contributed by atoms with Gasteiger partial charge >= 0.3 is 5.97 Å². The number of hydrogen-bond donors (Lipinski definition) is 1. The number of fused-ring (bicyclic) bond motifs is 1. The zero-order valence-electron chi connectivity index (χ0n) is 16.1. The number of rotatable bonds is 7. The Hall–Kier alpha value is -3.01. The smallest absolute Gasteiger partial charge is 0.338 e. The second-order valence-electron chi connectivity index (χ2n) is 6.28. The van der Waals surface area contributed by atoms with Gasteiger partial charge in [-0.05, 0) is 37.3 Å². The molecule has 1 N–H and O–H groups in total. The Balaban J connectivity index is 1.73. The van der Waals surface area contributed by atoms with Crippen molar-refractivity contribution in [1.29, 1.82) is 0 Å². The molecule has 0 spiro atoms. The first-order valence-electron chi connectivity index (χ1n) is 8.70. The standard InChI is InChI=1S/C20H20N2O6S/c1-13(19(23)17-12-21-18-7-5-4-6-16(17)18)28-20(24)14-8-10-15(11-9-14)29(25,26)22(2)27-3/h4-13,21H,1-3H3/t13-/m1/s1. The molecule has 9 heteroatoms. The van der Waals surface area contributed by atoms with Gasteiger partial charge in [-0.25, -0.2) is 13.2 Å². The van der Waals surface area contributed by atoms with E-state index in [0.717, 1.165) is 10.9 Å². The van der Waals surface area contributed by atoms with Crippen molar-refractivity contribution in [3.8, 4) is 0 Å². The lowest BCUT2D eigenvalue weighted by molar-refractivity contribution is -0.0258. The van der Waals surface area contributed by atoms with Crippen LogP contribution in [0.25, 0.3) is 10.9 Å². The average Bonchev–Trinajstić information content (AvgIpc) is 3.16. The van der Waals surface area contributed by atoms with Crippen molar-refractivity contribution in [3.63, 3.8) is 0 Å². The number of H-pyrrole nitrogens is 1. The molecule has 8 nitrogen and oxygen atoms in total. The molecule has 0 radical (unpaired) electrons. The number of sulfonamides is 1. The normalized spacial score (nSPS) is 12.8. The summed E-state index contributed by atoms with van der Waals surface area (Å²) in [7, 11) is -1.33. The minimum Gasteiger partial charge on any atom is -0.451 e. The summed E-state index contributed by atoms with van der Waals surface area (Å²) >= 11 is 0. The maximum atomic E-state index is 12.7. The van der Waals surface area contributed by atoms with Gasteiger partial charge in [0.25, 0.3) is 10.0 Å². The fraction of sp³-hybridized carbons (Fsp3) is 0.200. The van der Waals surface area contributed by atoms with Gasteiger partial charge in [-0.3, -0.25) is 9.63 Å². The highest BCUT2D eigenvalue weighted by molar-refractivity contribution is 7.89. The van der Waals surface area contributed by atoms with E-state index in [2.05, 4.69) is 4.98 Å². The molecule has 3 rings (SSSR count). The number of hydrogen-bond acceptors (Lipinski definition) is 6. The third-order valence-electron chi connectivity index (χ3n) is 4.49. The summed E-state index contributed by atoms with van der Waals surface area (Å²) in [5.41, 5.74) is 1.37. The summed E-state index contributed by atoms with van der Waals surface area (Å²) in [6.07, 6.45) is 0.577. The third kappa shape index (κ3) is 4.07. The number of carbonyl (C=O) groups excluding carboxylic acids is 2. The summed E-state index contributed by atoms with van der Waals surface area (Å²) in [5, 5.41) is 0.747. The van der Waals surface area contributed by atoms with Crippen molar-refractivity contribution in [2.75, 3.05) is 14.2 Å². The van der Waals surface area contributed by atoms with Crippen LogP contribution in [-0.2, 0) is 19.6 Å². The number of para-hydroxylation sites is 1. The lowest BCUT2D eigenvalue weighted by Gasteiger charge is -2.15. The van der Waals surface area contributed by atoms with E-state index in [1.165, 1.54) is 45.3 Å². The van der Waals surface area contributed by atoms with Gasteiger partial charge in [-0.15, -0.1) is 0 Å². The molecule has 0 aliphatic carbocycles. The number of aromatic nitrogens is 1. The predicted octanol–water partition coefficient (Wildman–Crippen LogP) is 2.78. The molecule has 2 aromatic carbocycles. The Kier molecular flexibility index (Phi) is 5.83. The molecule has 0 saturated carbocycles. The highest BCUT2D eigenvalue weighted by atomic mass is 32.2. The summed E-state index contributed by atoms with van der Waals surface area (Å²) in [6.45, 7) is 1.49. The number of esters is 1. The molecule has 3 aromatic rings. The van der Waals surface area contributed by atoms with Crippen LogP contribution in [0.5, 0.6) is 0 Å². The maximum absolute atomic E-state index is 12.7. The fourth-order valence-electron chi connectivity index (χ4n) is 2.79. The first-order chi connectivity index (χ1) is 13.8. The van der Waals surface area contributed by atoms with E-state index in [1.54, 1.807) is 6.20 Å². The van der Waals surface area contributed by atoms with E-state index in [-0.39, 0.29) is 16.2 Å². The maximum Gasteiger partial charge on any atom is 0.338 e. The largest absolute Gasteiger partial charge is 0.451 e. The number of ketones is 1. The van der Waals surface area contributed by atoms with Crippen LogP contribution in [0.4, 0.5) is 0 Å². The van der Waals surface area contributed by atoms with Gasteiger partial charge in [0.1, 0.15) is 0 Å². The average molecular weight is 416 g/mol. The molecule has 1 atom stereocenters. The number of hydroxylamine groups is 1. The van der Waals surface area contributed by atoms with E-state index in [9.17, 15) is 18.0 Å². The molecule has 1 heterocycles. The van der Waals surface area contributed by atoms with Crippen LogP contribution >= 0.6 is 0 Å². The van der Waals surface area contributed by atoms with Gasteiger partial charge in [0.15, 0.2) is 6.10 Å². The minimum absolute atomic E-state index is 0.0404. The van der Waals surface area contributed by atoms with Crippen molar-refractivity contribution in [3.05, 3.63) is 65.9 Å². The Morgan fingerprint density at radius 1 is 1.07 bits per heavy atom. The fourth-order valence-corrected chi connectivity index (χ4v) is 3.76. The molecule has 0 amide bonds. The van der Waals surface area contributed by atoms with Crippen molar-refractivity contribution in [2.24, 2.45) is 0 Å². The number of ether oxygens (including phenoxy) is 1. The van der Waals surface area contributed by atoms with Crippen LogP contribution in [0, 0.1) is 0 Å². The van der Waals surface area contributed by atoms with Gasteiger partial charge < -0.3 is 9.72 Å². The highest BCUT2D eigenvalue weighted by Crippen LogP contribution is 2.21. The quantitative estimate of drug-likeness (QED) is 0.361. The zero-order valence-corrected chi connectivity index (χ0v) is 16.9. The van der Waals surface area contributed by atoms with Crippen LogP contribution in [-0.4, -0.2) is 49.9 Å². The van der Waals surface area contributed by atoms with Crippen molar-refractivity contribution in [1.82, 2.24) is 9.45 Å². The zero-order chi connectivity index (χ0) is 21.2. The monoisotopic (exact) mass is 416 g/mol. The molecule has 0 saturated heterocycles. The van der Waals surface area contributed by atoms with Crippen molar-refractivity contribution >= 4 is 32.7 Å². The number of Topliss-reactive ketones (excluding diaryl/α,β-unsaturated/α-hetero) is 1. The third-order valence-corrected chi connectivity index (χ3v) is 6.19. The number of aromatic amines is 1. The molecule has 0 aliphatic rings. The van der Waals surface area contributed by atoms with E-state index in [0.29, 0.717) is 10.0 Å². The molecule has 152 valence electrons. The Labute approximate surface area is 168 Å². The second-order valence-corrected chi connectivity index (χ2v) is 8.22. The minimum atomic E-state index is -3.82. The van der Waals surface area contributed by atoms with Gasteiger partial charge in [0.2, 0.25) is 5.78 Å². The Bertz CT molecular complexity index is 1150. The molecule has 0 fully saturated rings. The number of nitrogens with zero attached hydrogens (tertiary/aromatic N) is 1. The van der Waals surface area contributed by atoms with Crippen LogP contribution in [0.15, 0.2) is 59.6 Å². The Morgan fingerprint density at radius 2 is 1.72 bits per heavy atom. The van der Waals surface area contributed by atoms with Crippen LogP contribution in [0.3, 0.4) is 0 Å². The molecule has 0 aliphatic heterocycles. The SMILES string of the molecule is CON(C)S(=O)(=O)c1ccc(C(=O)O[C@H](C)C(=O)c2c[nH]c3ccccc23)cc1. The number of benzene rings is 2. The summed E-state index contributed by atoms with van der Waals surface area (Å²) in [5.74, 6) is -1.06. The molecular formula is C20H20N2O6S. The van der Waals surface area contributed by atoms with E-state index in [4.69, 9.17) is 9.57 Å². The summed E-state index contributed by atoms with van der Waals surface area (Å²) in [4.78, 5) is 32.7.